The molecule has 0 fully saturated rings. The molecule has 0 heterocycles. The maximum absolute atomic E-state index is 12.5. The number of aliphatic hydroxyl groups excluding tert-OH is 2. The lowest BCUT2D eigenvalue weighted by Crippen LogP contribution is -2.45. The summed E-state index contributed by atoms with van der Waals surface area (Å²) < 4.78 is 5.52. The number of hydrogen-bond donors (Lipinski definition) is 3. The van der Waals surface area contributed by atoms with E-state index in [1.54, 1.807) is 6.08 Å². The Kier molecular flexibility index (Phi) is 76.3. The molecule has 1 amide bonds. The molecule has 0 radical (unpaired) electrons. The van der Waals surface area contributed by atoms with Crippen molar-refractivity contribution in [2.45, 2.75) is 475 Å². The Balaban J connectivity index is 3.30. The normalized spacial score (nSPS) is 12.5. The van der Waals surface area contributed by atoms with E-state index in [4.69, 9.17) is 4.74 Å². The van der Waals surface area contributed by atoms with Gasteiger partial charge in [-0.25, -0.2) is 0 Å². The third-order valence-corrected chi connectivity index (χ3v) is 19.2. The monoisotopic (exact) mass is 1240 g/mol. The minimum absolute atomic E-state index is 0.0212. The van der Waals surface area contributed by atoms with E-state index in [9.17, 15) is 19.8 Å². The second-order valence-corrected chi connectivity index (χ2v) is 28.1. The van der Waals surface area contributed by atoms with Gasteiger partial charge in [-0.1, -0.05) is 417 Å². The highest BCUT2D eigenvalue weighted by Gasteiger charge is 2.18. The van der Waals surface area contributed by atoms with Gasteiger partial charge in [0.15, 0.2) is 0 Å². The van der Waals surface area contributed by atoms with Crippen LogP contribution in [0.1, 0.15) is 463 Å². The Labute approximate surface area is 551 Å². The maximum atomic E-state index is 12.5. The summed E-state index contributed by atoms with van der Waals surface area (Å²) >= 11 is 0. The second-order valence-electron chi connectivity index (χ2n) is 28.1. The zero-order valence-corrected chi connectivity index (χ0v) is 60.0. The maximum Gasteiger partial charge on any atom is 0.305 e. The average Bonchev–Trinajstić information content (AvgIpc) is 3.59. The number of hydrogen-bond acceptors (Lipinski definition) is 5. The van der Waals surface area contributed by atoms with Crippen molar-refractivity contribution in [3.8, 4) is 0 Å². The highest BCUT2D eigenvalue weighted by Crippen LogP contribution is 2.20. The van der Waals surface area contributed by atoms with Crippen LogP contribution in [0.5, 0.6) is 0 Å². The van der Waals surface area contributed by atoms with Crippen molar-refractivity contribution < 1.29 is 24.5 Å². The molecule has 0 aliphatic rings. The van der Waals surface area contributed by atoms with Crippen LogP contribution in [0.3, 0.4) is 0 Å². The summed E-state index contributed by atoms with van der Waals surface area (Å²) in [4.78, 5) is 24.6. The highest BCUT2D eigenvalue weighted by molar-refractivity contribution is 5.76. The Morgan fingerprint density at radius 1 is 0.307 bits per heavy atom. The van der Waals surface area contributed by atoms with Crippen LogP contribution in [0.4, 0.5) is 0 Å². The molecule has 0 saturated heterocycles. The third-order valence-electron chi connectivity index (χ3n) is 19.2. The first-order valence-electron chi connectivity index (χ1n) is 40.6. The van der Waals surface area contributed by atoms with Crippen LogP contribution in [0.2, 0.25) is 0 Å². The Morgan fingerprint density at radius 2 is 0.534 bits per heavy atom. The summed E-state index contributed by atoms with van der Waals surface area (Å²) in [6.07, 6.45) is 100. The summed E-state index contributed by atoms with van der Waals surface area (Å²) in [6, 6.07) is -0.623. The summed E-state index contributed by atoms with van der Waals surface area (Å²) in [5.74, 6) is -0.0374. The number of carbonyl (C=O) groups is 2. The Morgan fingerprint density at radius 3 is 0.807 bits per heavy atom. The van der Waals surface area contributed by atoms with Gasteiger partial charge < -0.3 is 20.3 Å². The van der Waals surface area contributed by atoms with Crippen LogP contribution in [-0.4, -0.2) is 47.4 Å². The number of ether oxygens (including phenoxy) is 1. The lowest BCUT2D eigenvalue weighted by molar-refractivity contribution is -0.143. The van der Waals surface area contributed by atoms with E-state index in [1.165, 1.54) is 398 Å². The van der Waals surface area contributed by atoms with Gasteiger partial charge in [-0.3, -0.25) is 9.59 Å². The molecule has 3 N–H and O–H groups in total. The molecular weight excluding hydrogens is 1080 g/mol. The number of allylic oxidation sites excluding steroid dienone is 3. The summed E-state index contributed by atoms with van der Waals surface area (Å²) in [6.45, 7) is 4.95. The summed E-state index contributed by atoms with van der Waals surface area (Å²) in [7, 11) is 0. The number of nitrogens with one attached hydrogen (secondary N) is 1. The van der Waals surface area contributed by atoms with Crippen molar-refractivity contribution in [3.63, 3.8) is 0 Å². The lowest BCUT2D eigenvalue weighted by Gasteiger charge is -2.20. The predicted octanol–water partition coefficient (Wildman–Crippen LogP) is 26.8. The van der Waals surface area contributed by atoms with Crippen molar-refractivity contribution in [2.24, 2.45) is 0 Å². The zero-order valence-electron chi connectivity index (χ0n) is 60.0. The summed E-state index contributed by atoms with van der Waals surface area (Å²) in [5.41, 5.74) is 0. The van der Waals surface area contributed by atoms with Gasteiger partial charge in [0.25, 0.3) is 0 Å². The van der Waals surface area contributed by atoms with Crippen LogP contribution < -0.4 is 5.32 Å². The van der Waals surface area contributed by atoms with Crippen LogP contribution in [0.25, 0.3) is 0 Å². The fourth-order valence-corrected chi connectivity index (χ4v) is 13.0. The molecular formula is C82H159NO5. The van der Waals surface area contributed by atoms with Gasteiger partial charge >= 0.3 is 5.97 Å². The smallest absolute Gasteiger partial charge is 0.305 e. The van der Waals surface area contributed by atoms with Gasteiger partial charge in [-0.05, 0) is 57.8 Å². The van der Waals surface area contributed by atoms with Gasteiger partial charge in [-0.15, -0.1) is 0 Å². The average molecular weight is 1240 g/mol. The van der Waals surface area contributed by atoms with Gasteiger partial charge in [0.2, 0.25) is 5.91 Å². The molecule has 0 spiro atoms. The fraction of sp³-hybridized carbons (Fsp3) is 0.927. The molecule has 0 saturated carbocycles. The molecule has 6 nitrogen and oxygen atoms in total. The van der Waals surface area contributed by atoms with Crippen molar-refractivity contribution in [3.05, 3.63) is 24.3 Å². The highest BCUT2D eigenvalue weighted by atomic mass is 16.5. The molecule has 2 atom stereocenters. The molecule has 0 aromatic rings. The Bertz CT molecular complexity index is 1380. The molecule has 0 rings (SSSR count). The van der Waals surface area contributed by atoms with E-state index < -0.39 is 12.1 Å². The van der Waals surface area contributed by atoms with Crippen molar-refractivity contribution in [1.82, 2.24) is 5.32 Å². The predicted molar refractivity (Wildman–Crippen MR) is 389 cm³/mol. The van der Waals surface area contributed by atoms with E-state index in [1.807, 2.05) is 6.08 Å². The van der Waals surface area contributed by atoms with E-state index in [0.717, 1.165) is 38.5 Å². The Hall–Kier alpha value is -1.66. The molecule has 0 aromatic heterocycles. The zero-order chi connectivity index (χ0) is 63.5. The largest absolute Gasteiger partial charge is 0.466 e. The van der Waals surface area contributed by atoms with Crippen molar-refractivity contribution in [2.75, 3.05) is 13.2 Å². The van der Waals surface area contributed by atoms with Crippen LogP contribution >= 0.6 is 0 Å². The number of esters is 1. The quantitative estimate of drug-likeness (QED) is 0.0320. The van der Waals surface area contributed by atoms with E-state index in [-0.39, 0.29) is 18.5 Å². The second kappa shape index (κ2) is 77.8. The molecule has 0 aliphatic heterocycles. The van der Waals surface area contributed by atoms with Crippen LogP contribution in [0.15, 0.2) is 24.3 Å². The number of carbonyl (C=O) groups excluding carboxylic acids is 2. The molecule has 2 unspecified atom stereocenters. The molecule has 522 valence electrons. The number of amides is 1. The van der Waals surface area contributed by atoms with Gasteiger partial charge in [-0.2, -0.15) is 0 Å². The molecule has 0 aliphatic carbocycles. The van der Waals surface area contributed by atoms with E-state index in [2.05, 4.69) is 31.3 Å². The molecule has 6 heteroatoms. The molecule has 0 bridgehead atoms. The first kappa shape index (κ1) is 86.3. The van der Waals surface area contributed by atoms with Crippen LogP contribution in [0, 0.1) is 0 Å². The van der Waals surface area contributed by atoms with Gasteiger partial charge in [0.05, 0.1) is 25.4 Å². The van der Waals surface area contributed by atoms with Gasteiger partial charge in [0.1, 0.15) is 0 Å². The van der Waals surface area contributed by atoms with E-state index in [0.29, 0.717) is 19.4 Å². The first-order chi connectivity index (χ1) is 43.5. The SMILES string of the molecule is CCCCCCCCC/C=C\CCCCCCCCCC(=O)OCCCCCCCCCCCCCCCCCCCCCCCCCCCCCCCCCCCCCCCC(=O)NC(CO)C(O)/C=C/CCCCCCCCCCCCCCCC. The van der Waals surface area contributed by atoms with Crippen molar-refractivity contribution >= 4 is 11.9 Å². The van der Waals surface area contributed by atoms with Crippen LogP contribution in [-0.2, 0) is 14.3 Å². The van der Waals surface area contributed by atoms with Crippen molar-refractivity contribution in [1.29, 1.82) is 0 Å². The third kappa shape index (κ3) is 73.4. The fourth-order valence-electron chi connectivity index (χ4n) is 13.0. The minimum atomic E-state index is -0.840. The summed E-state index contributed by atoms with van der Waals surface area (Å²) in [5, 5.41) is 23.2. The lowest BCUT2D eigenvalue weighted by atomic mass is 10.0. The molecule has 0 aromatic carbocycles. The minimum Gasteiger partial charge on any atom is -0.466 e. The topological polar surface area (TPSA) is 95.9 Å². The van der Waals surface area contributed by atoms with Gasteiger partial charge in [0, 0.05) is 12.8 Å². The standard InChI is InChI=1S/C82H159NO5/c1-3-5-7-9-11-13-15-17-19-21-44-48-52-56-60-64-68-72-76-82(87)88-77-73-69-65-61-57-53-49-45-42-40-38-36-34-32-30-28-26-24-22-23-25-27-29-31-33-35-37-39-41-43-47-51-55-59-63-67-71-75-81(86)83-79(78-84)80(85)74-70-66-62-58-54-50-46-20-18-16-14-12-10-8-6-4-2/h19,21,70,74,79-80,84-85H,3-18,20,22-69,71-73,75-78H2,1-2H3,(H,83,86)/b21-19-,74-70+. The first-order valence-corrected chi connectivity index (χ1v) is 40.6. The molecule has 88 heavy (non-hydrogen) atoms. The number of unbranched alkanes of at least 4 members (excludes halogenated alkanes) is 64. The van der Waals surface area contributed by atoms with E-state index >= 15 is 0 Å². The number of rotatable bonds is 77. The number of aliphatic hydroxyl groups is 2.